The molecule has 4 aliphatic heterocycles. The van der Waals surface area contributed by atoms with Crippen LogP contribution in [0, 0.1) is 0 Å². The fraction of sp³-hybridized carbons (Fsp3) is 0.270. The van der Waals surface area contributed by atoms with E-state index in [4.69, 9.17) is 37.9 Å². The maximum atomic E-state index is 13.5. The van der Waals surface area contributed by atoms with Gasteiger partial charge in [-0.3, -0.25) is 47.3 Å². The smallest absolute Gasteiger partial charge is 0.490 e. The van der Waals surface area contributed by atoms with Crippen molar-refractivity contribution in [1.82, 2.24) is 38.9 Å². The van der Waals surface area contributed by atoms with Gasteiger partial charge in [0.1, 0.15) is 87.5 Å². The zero-order valence-corrected chi connectivity index (χ0v) is 73.0. The van der Waals surface area contributed by atoms with Crippen molar-refractivity contribution in [3.05, 3.63) is 220 Å². The predicted molar refractivity (Wildman–Crippen MR) is 445 cm³/mol. The SMILES string of the molecule is CN(C)c1ccc2c(-c3cc(C(=O)NC/C=C/c4cn([C@@H]5O[C@H](COP(=O)(O)OP(=O)(O)OP(=O)(O)O)[C@@H](O)[C@H]5O)c(=O)[nH]c4=O)ccc3C(=O)[O-])c3ccc(=[N+](C)C)cc-3oc2c1.CN(C)c1ccc2c(-c3ccc(C(=O)NC/C=C/c4cn([C@@H]5O[C@H](COP(=O)(O)OP(=O)(O)OP(=O)(O)O)[C@@H](O)[C@H]5O)c(=O)[nH]c4=O)cc3C(=O)[O-])c3ccc(=[N+](C)C)cc-3oc2c1. The summed E-state index contributed by atoms with van der Waals surface area (Å²) in [5.74, 6) is -3.46. The maximum absolute atomic E-state index is 13.5. The van der Waals surface area contributed by atoms with E-state index >= 15 is 0 Å². The summed E-state index contributed by atoms with van der Waals surface area (Å²) in [5.41, 5.74) is 0.170. The number of phosphoric ester groups is 2. The van der Waals surface area contributed by atoms with Gasteiger partial charge < -0.3 is 118 Å². The number of benzene rings is 6. The van der Waals surface area contributed by atoms with Crippen LogP contribution in [0.2, 0.25) is 0 Å². The van der Waals surface area contributed by atoms with Gasteiger partial charge in [0.15, 0.2) is 12.5 Å². The summed E-state index contributed by atoms with van der Waals surface area (Å²) in [4.78, 5) is 183. The van der Waals surface area contributed by atoms with Crippen molar-refractivity contribution in [1.29, 1.82) is 0 Å². The molecule has 4 aromatic carbocycles. The summed E-state index contributed by atoms with van der Waals surface area (Å²) in [6, 6.07) is 30.0. The first-order valence-corrected chi connectivity index (χ1v) is 46.0. The summed E-state index contributed by atoms with van der Waals surface area (Å²) in [6.07, 6.45) is -7.97. The minimum atomic E-state index is -5.87. The lowest BCUT2D eigenvalue weighted by molar-refractivity contribution is -0.256. The number of nitrogens with zero attached hydrogens (tertiary/aromatic N) is 6. The van der Waals surface area contributed by atoms with Gasteiger partial charge in [-0.15, -0.1) is 0 Å². The minimum absolute atomic E-state index is 0.0461. The molecule has 128 heavy (non-hydrogen) atoms. The van der Waals surface area contributed by atoms with E-state index in [0.717, 1.165) is 34.5 Å². The molecule has 16 N–H and O–H groups in total. The number of anilines is 2. The Hall–Kier alpha value is -10.8. The minimum Gasteiger partial charge on any atom is -0.545 e. The van der Waals surface area contributed by atoms with E-state index < -0.39 is 155 Å². The van der Waals surface area contributed by atoms with E-state index in [1.807, 2.05) is 146 Å². The van der Waals surface area contributed by atoms with Gasteiger partial charge in [0.2, 0.25) is 10.7 Å². The molecule has 0 radical (unpaired) electrons. The lowest BCUT2D eigenvalue weighted by Crippen LogP contribution is -2.38. The number of amides is 2. The van der Waals surface area contributed by atoms with Crippen LogP contribution in [-0.2, 0) is 63.2 Å². The van der Waals surface area contributed by atoms with Crippen molar-refractivity contribution < 1.29 is 161 Å². The average Bonchev–Trinajstić information content (AvgIpc) is 0.969. The number of carbonyl (C=O) groups excluding carboxylic acids is 4. The molecule has 54 heteroatoms. The molecule has 6 aliphatic rings. The second-order valence-corrected chi connectivity index (χ2v) is 37.8. The number of carboxylic acid groups (broad SMARTS) is 2. The first-order chi connectivity index (χ1) is 59.7. The quantitative estimate of drug-likeness (QED) is 0.0158. The Kier molecular flexibility index (Phi) is 29.7. The third kappa shape index (κ3) is 23.4. The number of nitrogens with one attached hydrogen (secondary N) is 4. The van der Waals surface area contributed by atoms with Gasteiger partial charge in [-0.1, -0.05) is 36.4 Å². The number of aromatic nitrogens is 4. The van der Waals surface area contributed by atoms with Crippen LogP contribution in [0.3, 0.4) is 0 Å². The number of rotatable bonds is 30. The number of phosphoric acid groups is 6. The molecule has 4 unspecified atom stereocenters. The number of hydrogen-bond donors (Lipinski definition) is 16. The lowest BCUT2D eigenvalue weighted by atomic mass is 9.89. The highest BCUT2D eigenvalue weighted by molar-refractivity contribution is 7.67. The van der Waals surface area contributed by atoms with E-state index in [1.165, 1.54) is 60.7 Å². The topological polar surface area (TPSA) is 706 Å². The number of carbonyl (C=O) groups is 4. The standard InChI is InChI=1S/2C37H40N5O19P3/c1-40(2)21-8-11-24-27(15-21)58-28-16-22(41(3)4)9-12-25(28)30(24)26-14-19(7-10-23(26)36(47)48)33(45)38-13-5-6-20-17-42(37(49)39-34(20)46)35-32(44)31(43)29(59-35)18-57-63(53,54)61-64(55,56)60-62(50,51)52;1-40(2)21-8-11-24-27(15-21)58-28-16-22(41(3)4)9-12-25(28)30(24)23-10-7-19(14-26(23)36(47)48)33(45)38-13-5-6-20-17-42(37(49)39-34(20)46)35-32(44)31(43)29(59-35)18-57-63(53,54)61-64(55,56)60-62(50,51)52/h2*5-12,14-17,29,31-32,35,43-44H,13,18H2,1-4H3,(H6-,38,39,45,46,47,48,49,50,51,52,53,54,55,56)/b2*6-5+/t2*29-,31-,32-,35-/m11/s1. The molecule has 2 saturated heterocycles. The second kappa shape index (κ2) is 38.8. The molecular formula is C74H80N10O38P6. The van der Waals surface area contributed by atoms with Crippen LogP contribution in [-0.4, -0.2) is 222 Å². The van der Waals surface area contributed by atoms with Crippen LogP contribution in [0.25, 0.3) is 79.0 Å². The zero-order chi connectivity index (χ0) is 94.1. The van der Waals surface area contributed by atoms with Gasteiger partial charge in [-0.25, -0.2) is 46.1 Å². The number of ether oxygens (including phenoxy) is 2. The van der Waals surface area contributed by atoms with Crippen LogP contribution in [0.15, 0.2) is 162 Å². The highest BCUT2D eigenvalue weighted by atomic mass is 31.3. The lowest BCUT2D eigenvalue weighted by Gasteiger charge is -2.20. The van der Waals surface area contributed by atoms with Crippen molar-refractivity contribution in [3.63, 3.8) is 0 Å². The fourth-order valence-electron chi connectivity index (χ4n) is 13.2. The van der Waals surface area contributed by atoms with Crippen molar-refractivity contribution in [2.24, 2.45) is 0 Å². The third-order valence-electron chi connectivity index (χ3n) is 19.2. The molecule has 12 rings (SSSR count). The molecule has 6 aromatic rings. The van der Waals surface area contributed by atoms with Crippen LogP contribution in [0.1, 0.15) is 65.0 Å². The van der Waals surface area contributed by atoms with Crippen molar-refractivity contribution >= 4 is 116 Å². The summed E-state index contributed by atoms with van der Waals surface area (Å²) in [7, 11) is -19.5. The van der Waals surface area contributed by atoms with Crippen molar-refractivity contribution in [2.75, 3.05) is 92.5 Å². The van der Waals surface area contributed by atoms with E-state index in [0.29, 0.717) is 64.8 Å². The average molecular weight is 1900 g/mol. The van der Waals surface area contributed by atoms with Gasteiger partial charge in [-0.05, 0) is 71.8 Å². The molecule has 2 aromatic heterocycles. The summed E-state index contributed by atoms with van der Waals surface area (Å²) < 4.78 is 121. The molecule has 2 fully saturated rings. The molecular weight excluding hydrogens is 1820 g/mol. The van der Waals surface area contributed by atoms with Gasteiger partial charge in [-0.2, -0.15) is 17.2 Å². The number of aromatic amines is 2. The second-order valence-electron chi connectivity index (χ2n) is 28.9. The molecule has 2 aliphatic carbocycles. The highest BCUT2D eigenvalue weighted by Gasteiger charge is 2.49. The van der Waals surface area contributed by atoms with Crippen LogP contribution < -0.4 is 73.0 Å². The summed E-state index contributed by atoms with van der Waals surface area (Å²) in [5, 5.41) is 75.5. The van der Waals surface area contributed by atoms with E-state index in [1.54, 1.807) is 12.1 Å². The van der Waals surface area contributed by atoms with Gasteiger partial charge in [0.05, 0.1) is 48.4 Å². The van der Waals surface area contributed by atoms with Crippen molar-refractivity contribution in [3.8, 4) is 44.9 Å². The number of carboxylic acids is 2. The molecule has 0 saturated carbocycles. The van der Waals surface area contributed by atoms with Crippen LogP contribution in [0.4, 0.5) is 11.4 Å². The predicted octanol–water partition coefficient (Wildman–Crippen LogP) is -0.157. The van der Waals surface area contributed by atoms with Gasteiger partial charge in [0, 0.05) is 145 Å². The van der Waals surface area contributed by atoms with Crippen LogP contribution >= 0.6 is 46.9 Å². The number of aliphatic hydroxyl groups is 4. The van der Waals surface area contributed by atoms with Crippen molar-refractivity contribution in [2.45, 2.75) is 49.1 Å². The number of fused-ring (bicyclic) bond motifs is 4. The number of aromatic carboxylic acids is 2. The summed E-state index contributed by atoms with van der Waals surface area (Å²) in [6.45, 7) is -2.77. The number of H-pyrrole nitrogens is 2. The first kappa shape index (κ1) is 97.8. The third-order valence-corrected chi connectivity index (χ3v) is 26.8. The zero-order valence-electron chi connectivity index (χ0n) is 67.7. The normalized spacial score (nSPS) is 19.7. The molecule has 6 heterocycles. The Labute approximate surface area is 718 Å². The fourth-order valence-corrected chi connectivity index (χ4v) is 19.3. The molecule has 48 nitrogen and oxygen atoms in total. The van der Waals surface area contributed by atoms with Crippen LogP contribution in [0.5, 0.6) is 0 Å². The Morgan fingerprint density at radius 2 is 0.859 bits per heavy atom. The Balaban J connectivity index is 0.000000248. The maximum Gasteiger partial charge on any atom is 0.490 e. The largest absolute Gasteiger partial charge is 0.545 e. The molecule has 684 valence electrons. The molecule has 2 amide bonds. The molecule has 0 bridgehead atoms. The van der Waals surface area contributed by atoms with E-state index in [2.05, 4.69) is 36.9 Å². The Morgan fingerprint density at radius 3 is 1.24 bits per heavy atom. The Bertz CT molecular complexity index is 6780. The van der Waals surface area contributed by atoms with E-state index in [-0.39, 0.29) is 57.6 Å². The highest BCUT2D eigenvalue weighted by Crippen LogP contribution is 2.68. The number of hydrogen-bond acceptors (Lipinski definition) is 32. The van der Waals surface area contributed by atoms with Gasteiger partial charge >= 0.3 is 58.3 Å². The first-order valence-electron chi connectivity index (χ1n) is 37.0. The molecule has 0 spiro atoms. The van der Waals surface area contributed by atoms with E-state index in [9.17, 15) is 116 Å². The molecule has 12 atom stereocenters. The Morgan fingerprint density at radius 1 is 0.477 bits per heavy atom. The summed E-state index contributed by atoms with van der Waals surface area (Å²) >= 11 is 0. The van der Waals surface area contributed by atoms with Gasteiger partial charge in [0.25, 0.3) is 22.9 Å². The monoisotopic (exact) mass is 1900 g/mol. The number of aliphatic hydroxyl groups excluding tert-OH is 4.